The molecule has 0 fully saturated rings. The number of hydrogen-bond acceptors (Lipinski definition) is 2. The summed E-state index contributed by atoms with van der Waals surface area (Å²) in [6, 6.07) is 9.16. The van der Waals surface area contributed by atoms with Crippen molar-refractivity contribution in [1.82, 2.24) is 0 Å². The molecule has 0 amide bonds. The molecule has 4 heteroatoms. The Morgan fingerprint density at radius 3 is 2.55 bits per heavy atom. The number of hydrogen-bond donors (Lipinski definition) is 1. The molecule has 1 aromatic rings. The van der Waals surface area contributed by atoms with Crippen molar-refractivity contribution in [3.05, 3.63) is 48.6 Å². The standard InChI is InChI=1S/C16H22F2O2/c1-3-8-14(19)16(17,18)15(9-4-2)20-12-13-10-6-5-7-11-13/h3,5-7,10-11,14-15,19H,1,4,8-9,12H2,2H3/t14-,15+/m0/s1. The molecule has 0 aliphatic carbocycles. The first-order valence-corrected chi connectivity index (χ1v) is 6.84. The van der Waals surface area contributed by atoms with Crippen molar-refractivity contribution in [2.24, 2.45) is 0 Å². The molecule has 0 aliphatic rings. The maximum atomic E-state index is 14.1. The Kier molecular flexibility index (Phi) is 6.82. The molecular formula is C16H22F2O2. The lowest BCUT2D eigenvalue weighted by Crippen LogP contribution is -2.45. The number of ether oxygens (including phenoxy) is 1. The van der Waals surface area contributed by atoms with Gasteiger partial charge in [0.25, 0.3) is 5.92 Å². The minimum Gasteiger partial charge on any atom is -0.386 e. The molecule has 0 saturated heterocycles. The third kappa shape index (κ3) is 4.69. The first-order chi connectivity index (χ1) is 9.52. The lowest BCUT2D eigenvalue weighted by molar-refractivity contribution is -0.198. The second-order valence-electron chi connectivity index (χ2n) is 4.79. The average molecular weight is 284 g/mol. The molecule has 1 N–H and O–H groups in total. The summed E-state index contributed by atoms with van der Waals surface area (Å²) in [6.07, 6.45) is -1.14. The maximum absolute atomic E-state index is 14.1. The summed E-state index contributed by atoms with van der Waals surface area (Å²) >= 11 is 0. The van der Waals surface area contributed by atoms with Gasteiger partial charge in [-0.1, -0.05) is 49.8 Å². The van der Waals surface area contributed by atoms with Crippen LogP contribution in [0.3, 0.4) is 0 Å². The smallest absolute Gasteiger partial charge is 0.299 e. The van der Waals surface area contributed by atoms with Crippen LogP contribution in [0.4, 0.5) is 8.78 Å². The topological polar surface area (TPSA) is 29.5 Å². The molecule has 1 aromatic carbocycles. The normalized spacial score (nSPS) is 14.8. The second kappa shape index (κ2) is 8.12. The van der Waals surface area contributed by atoms with E-state index in [1.54, 1.807) is 0 Å². The van der Waals surface area contributed by atoms with Crippen LogP contribution in [0.15, 0.2) is 43.0 Å². The van der Waals surface area contributed by atoms with Gasteiger partial charge in [-0.2, -0.15) is 0 Å². The summed E-state index contributed by atoms with van der Waals surface area (Å²) in [5.74, 6) is -3.28. The van der Waals surface area contributed by atoms with E-state index in [0.717, 1.165) is 5.56 Å². The van der Waals surface area contributed by atoms with E-state index in [4.69, 9.17) is 4.74 Å². The van der Waals surface area contributed by atoms with Crippen molar-refractivity contribution < 1.29 is 18.6 Å². The van der Waals surface area contributed by atoms with Crippen molar-refractivity contribution in [3.63, 3.8) is 0 Å². The Hall–Kier alpha value is -1.26. The molecule has 2 nitrogen and oxygen atoms in total. The molecule has 112 valence electrons. The van der Waals surface area contributed by atoms with E-state index in [1.807, 2.05) is 37.3 Å². The van der Waals surface area contributed by atoms with Crippen LogP contribution in [-0.2, 0) is 11.3 Å². The fraction of sp³-hybridized carbons (Fsp3) is 0.500. The maximum Gasteiger partial charge on any atom is 0.299 e. The van der Waals surface area contributed by atoms with E-state index < -0.39 is 18.1 Å². The van der Waals surface area contributed by atoms with Gasteiger partial charge < -0.3 is 9.84 Å². The van der Waals surface area contributed by atoms with Crippen LogP contribution in [0.2, 0.25) is 0 Å². The highest BCUT2D eigenvalue weighted by atomic mass is 19.3. The summed E-state index contributed by atoms with van der Waals surface area (Å²) in [4.78, 5) is 0. The highest BCUT2D eigenvalue weighted by Gasteiger charge is 2.46. The van der Waals surface area contributed by atoms with Gasteiger partial charge in [0.15, 0.2) is 0 Å². The van der Waals surface area contributed by atoms with Crippen LogP contribution in [0.5, 0.6) is 0 Å². The highest BCUT2D eigenvalue weighted by Crippen LogP contribution is 2.31. The summed E-state index contributed by atoms with van der Waals surface area (Å²) in [5, 5.41) is 9.57. The SMILES string of the molecule is C=CC[C@H](O)C(F)(F)[C@@H](CCC)OCc1ccccc1. The van der Waals surface area contributed by atoms with Gasteiger partial charge in [-0.15, -0.1) is 6.58 Å². The predicted molar refractivity (Wildman–Crippen MR) is 75.7 cm³/mol. The molecule has 0 saturated carbocycles. The molecule has 2 atom stereocenters. The van der Waals surface area contributed by atoms with Crippen LogP contribution in [-0.4, -0.2) is 23.2 Å². The van der Waals surface area contributed by atoms with Crippen LogP contribution in [0.25, 0.3) is 0 Å². The molecule has 0 aliphatic heterocycles. The third-order valence-corrected chi connectivity index (χ3v) is 3.11. The van der Waals surface area contributed by atoms with Gasteiger partial charge in [0, 0.05) is 0 Å². The second-order valence-corrected chi connectivity index (χ2v) is 4.79. The van der Waals surface area contributed by atoms with Gasteiger partial charge in [-0.05, 0) is 18.4 Å². The Morgan fingerprint density at radius 1 is 1.35 bits per heavy atom. The number of aliphatic hydroxyl groups is 1. The van der Waals surface area contributed by atoms with Crippen molar-refractivity contribution in [2.45, 2.75) is 50.9 Å². The van der Waals surface area contributed by atoms with Crippen LogP contribution >= 0.6 is 0 Å². The van der Waals surface area contributed by atoms with Crippen LogP contribution < -0.4 is 0 Å². The molecule has 0 unspecified atom stereocenters. The minimum absolute atomic E-state index is 0.113. The van der Waals surface area contributed by atoms with Gasteiger partial charge in [-0.3, -0.25) is 0 Å². The van der Waals surface area contributed by atoms with E-state index >= 15 is 0 Å². The zero-order chi connectivity index (χ0) is 15.0. The number of aliphatic hydroxyl groups excluding tert-OH is 1. The molecule has 0 radical (unpaired) electrons. The zero-order valence-corrected chi connectivity index (χ0v) is 11.8. The Bertz CT molecular complexity index is 393. The van der Waals surface area contributed by atoms with Crippen molar-refractivity contribution in [1.29, 1.82) is 0 Å². The van der Waals surface area contributed by atoms with Crippen LogP contribution in [0, 0.1) is 0 Å². The summed E-state index contributed by atoms with van der Waals surface area (Å²) in [7, 11) is 0. The monoisotopic (exact) mass is 284 g/mol. The Balaban J connectivity index is 2.69. The quantitative estimate of drug-likeness (QED) is 0.696. The van der Waals surface area contributed by atoms with Crippen molar-refractivity contribution in [2.75, 3.05) is 0 Å². The van der Waals surface area contributed by atoms with Crippen LogP contribution in [0.1, 0.15) is 31.7 Å². The molecule has 0 heterocycles. The number of halogens is 2. The number of alkyl halides is 2. The average Bonchev–Trinajstić information content (AvgIpc) is 2.44. The summed E-state index contributed by atoms with van der Waals surface area (Å²) < 4.78 is 33.6. The van der Waals surface area contributed by atoms with E-state index in [-0.39, 0.29) is 19.4 Å². The minimum atomic E-state index is -3.28. The zero-order valence-electron chi connectivity index (χ0n) is 11.8. The molecule has 0 bridgehead atoms. The Morgan fingerprint density at radius 2 is 2.00 bits per heavy atom. The molecule has 20 heavy (non-hydrogen) atoms. The Labute approximate surface area is 119 Å². The summed E-state index contributed by atoms with van der Waals surface area (Å²) in [6.45, 7) is 5.31. The fourth-order valence-corrected chi connectivity index (χ4v) is 1.95. The lowest BCUT2D eigenvalue weighted by Gasteiger charge is -2.30. The van der Waals surface area contributed by atoms with Gasteiger partial charge in [0.05, 0.1) is 6.61 Å². The molecule has 0 spiro atoms. The fourth-order valence-electron chi connectivity index (χ4n) is 1.95. The molecular weight excluding hydrogens is 262 g/mol. The van der Waals surface area contributed by atoms with Crippen molar-refractivity contribution in [3.8, 4) is 0 Å². The van der Waals surface area contributed by atoms with Gasteiger partial charge in [0.1, 0.15) is 12.2 Å². The van der Waals surface area contributed by atoms with E-state index in [0.29, 0.717) is 6.42 Å². The first-order valence-electron chi connectivity index (χ1n) is 6.84. The van der Waals surface area contributed by atoms with Gasteiger partial charge in [0.2, 0.25) is 0 Å². The van der Waals surface area contributed by atoms with Gasteiger partial charge >= 0.3 is 0 Å². The molecule has 0 aromatic heterocycles. The first kappa shape index (κ1) is 16.8. The van der Waals surface area contributed by atoms with Crippen molar-refractivity contribution >= 4 is 0 Å². The van der Waals surface area contributed by atoms with Gasteiger partial charge in [-0.25, -0.2) is 8.78 Å². The third-order valence-electron chi connectivity index (χ3n) is 3.11. The van der Waals surface area contributed by atoms with E-state index in [2.05, 4.69) is 6.58 Å². The van der Waals surface area contributed by atoms with E-state index in [9.17, 15) is 13.9 Å². The summed E-state index contributed by atoms with van der Waals surface area (Å²) in [5.41, 5.74) is 0.836. The lowest BCUT2D eigenvalue weighted by atomic mass is 10.00. The largest absolute Gasteiger partial charge is 0.386 e. The predicted octanol–water partition coefficient (Wildman–Crippen LogP) is 3.94. The highest BCUT2D eigenvalue weighted by molar-refractivity contribution is 5.13. The number of benzene rings is 1. The van der Waals surface area contributed by atoms with E-state index in [1.165, 1.54) is 6.08 Å². The molecule has 1 rings (SSSR count). The number of rotatable bonds is 9.